The smallest absolute Gasteiger partial charge is 0.347 e. The number of nitrogens with zero attached hydrogens (tertiary/aromatic N) is 3. The molecule has 3 aromatic rings. The van der Waals surface area contributed by atoms with E-state index in [1.807, 2.05) is 26.0 Å². The first-order valence-electron chi connectivity index (χ1n) is 9.18. The average molecular weight is 381 g/mol. The van der Waals surface area contributed by atoms with Crippen LogP contribution in [0.3, 0.4) is 0 Å². The van der Waals surface area contributed by atoms with Crippen LogP contribution in [-0.2, 0) is 16.1 Å². The number of carbonyl (C=O) groups is 2. The van der Waals surface area contributed by atoms with E-state index in [4.69, 9.17) is 0 Å². The number of anilines is 1. The molecule has 0 bridgehead atoms. The molecular formula is C20H23N5O3. The van der Waals surface area contributed by atoms with Gasteiger partial charge in [-0.25, -0.2) is 9.48 Å². The SMILES string of the molecule is CCC(C)C(=O)NCC(=O)Nc1cccc(Cn2nc3ccccn3c2=O)c1. The van der Waals surface area contributed by atoms with Gasteiger partial charge in [-0.05, 0) is 36.2 Å². The Morgan fingerprint density at radius 1 is 1.18 bits per heavy atom. The van der Waals surface area contributed by atoms with Crippen LogP contribution in [0.25, 0.3) is 5.65 Å². The van der Waals surface area contributed by atoms with Crippen molar-refractivity contribution >= 4 is 23.1 Å². The Balaban J connectivity index is 1.65. The number of fused-ring (bicyclic) bond motifs is 1. The van der Waals surface area contributed by atoms with Crippen molar-refractivity contribution in [2.24, 2.45) is 5.92 Å². The summed E-state index contributed by atoms with van der Waals surface area (Å²) in [6.07, 6.45) is 2.39. The molecule has 0 saturated carbocycles. The fraction of sp³-hybridized carbons (Fsp3) is 0.300. The van der Waals surface area contributed by atoms with Crippen LogP contribution in [0.15, 0.2) is 53.5 Å². The minimum Gasteiger partial charge on any atom is -0.347 e. The summed E-state index contributed by atoms with van der Waals surface area (Å²) in [7, 11) is 0. The molecule has 1 atom stereocenters. The molecule has 0 saturated heterocycles. The molecule has 0 fully saturated rings. The average Bonchev–Trinajstić information content (AvgIpc) is 3.01. The maximum absolute atomic E-state index is 12.4. The van der Waals surface area contributed by atoms with Gasteiger partial charge < -0.3 is 10.6 Å². The van der Waals surface area contributed by atoms with E-state index in [9.17, 15) is 14.4 Å². The van der Waals surface area contributed by atoms with Crippen LogP contribution < -0.4 is 16.3 Å². The topological polar surface area (TPSA) is 97.5 Å². The molecule has 0 spiro atoms. The maximum atomic E-state index is 12.4. The van der Waals surface area contributed by atoms with Crippen molar-refractivity contribution in [3.8, 4) is 0 Å². The van der Waals surface area contributed by atoms with Crippen LogP contribution in [0, 0.1) is 5.92 Å². The minimum atomic E-state index is -0.307. The van der Waals surface area contributed by atoms with Crippen molar-refractivity contribution in [2.45, 2.75) is 26.8 Å². The Morgan fingerprint density at radius 2 is 2.00 bits per heavy atom. The first kappa shape index (κ1) is 19.3. The zero-order valence-electron chi connectivity index (χ0n) is 15.9. The van der Waals surface area contributed by atoms with Crippen molar-refractivity contribution < 1.29 is 9.59 Å². The summed E-state index contributed by atoms with van der Waals surface area (Å²) in [5.41, 5.74) is 1.77. The van der Waals surface area contributed by atoms with Gasteiger partial charge in [0, 0.05) is 17.8 Å². The molecule has 2 heterocycles. The van der Waals surface area contributed by atoms with Crippen molar-refractivity contribution in [2.75, 3.05) is 11.9 Å². The Bertz CT molecular complexity index is 1050. The molecule has 0 radical (unpaired) electrons. The van der Waals surface area contributed by atoms with E-state index in [2.05, 4.69) is 15.7 Å². The third-order valence-corrected chi connectivity index (χ3v) is 4.51. The molecule has 0 aliphatic carbocycles. The van der Waals surface area contributed by atoms with Gasteiger partial charge in [0.05, 0.1) is 13.1 Å². The molecule has 8 heteroatoms. The molecular weight excluding hydrogens is 358 g/mol. The van der Waals surface area contributed by atoms with Crippen LogP contribution in [0.2, 0.25) is 0 Å². The molecule has 8 nitrogen and oxygen atoms in total. The molecule has 1 aromatic carbocycles. The number of benzene rings is 1. The number of hydrogen-bond donors (Lipinski definition) is 2. The minimum absolute atomic E-state index is 0.0840. The fourth-order valence-corrected chi connectivity index (χ4v) is 2.72. The van der Waals surface area contributed by atoms with Crippen LogP contribution in [0.1, 0.15) is 25.8 Å². The molecule has 0 aliphatic rings. The zero-order valence-corrected chi connectivity index (χ0v) is 15.9. The van der Waals surface area contributed by atoms with Gasteiger partial charge in [-0.15, -0.1) is 5.10 Å². The summed E-state index contributed by atoms with van der Waals surface area (Å²) in [6.45, 7) is 3.94. The first-order valence-corrected chi connectivity index (χ1v) is 9.18. The predicted octanol–water partition coefficient (Wildman–Crippen LogP) is 1.65. The van der Waals surface area contributed by atoms with Gasteiger partial charge in [0.1, 0.15) is 0 Å². The van der Waals surface area contributed by atoms with Gasteiger partial charge in [-0.1, -0.05) is 32.0 Å². The monoisotopic (exact) mass is 381 g/mol. The van der Waals surface area contributed by atoms with Crippen LogP contribution in [0.4, 0.5) is 5.69 Å². The van der Waals surface area contributed by atoms with Crippen molar-refractivity contribution in [1.82, 2.24) is 19.5 Å². The van der Waals surface area contributed by atoms with E-state index in [1.54, 1.807) is 36.5 Å². The van der Waals surface area contributed by atoms with Gasteiger partial charge in [0.2, 0.25) is 11.8 Å². The zero-order chi connectivity index (χ0) is 20.1. The Labute approximate surface area is 162 Å². The number of aromatic nitrogens is 3. The second-order valence-corrected chi connectivity index (χ2v) is 6.64. The Hall–Kier alpha value is -3.42. The second kappa shape index (κ2) is 8.51. The molecule has 2 amide bonds. The lowest BCUT2D eigenvalue weighted by Crippen LogP contribution is -2.35. The molecule has 146 valence electrons. The number of amides is 2. The third kappa shape index (κ3) is 4.46. The number of carbonyl (C=O) groups excluding carboxylic acids is 2. The van der Waals surface area contributed by atoms with Crippen molar-refractivity contribution in [1.29, 1.82) is 0 Å². The highest BCUT2D eigenvalue weighted by Gasteiger charge is 2.12. The standard InChI is InChI=1S/C20H23N5O3/c1-3-14(2)19(27)21-12-18(26)22-16-8-6-7-15(11-16)13-25-20(28)24-10-5-4-9-17(24)23-25/h4-11,14H,3,12-13H2,1-2H3,(H,21,27)(H,22,26). The van der Waals surface area contributed by atoms with E-state index >= 15 is 0 Å². The van der Waals surface area contributed by atoms with Crippen LogP contribution in [0.5, 0.6) is 0 Å². The second-order valence-electron chi connectivity index (χ2n) is 6.64. The summed E-state index contributed by atoms with van der Waals surface area (Å²) in [4.78, 5) is 36.2. The highest BCUT2D eigenvalue weighted by molar-refractivity contribution is 5.94. The van der Waals surface area contributed by atoms with Crippen molar-refractivity contribution in [3.05, 3.63) is 64.7 Å². The summed E-state index contributed by atoms with van der Waals surface area (Å²) in [6, 6.07) is 12.6. The normalized spacial score (nSPS) is 11.9. The third-order valence-electron chi connectivity index (χ3n) is 4.51. The van der Waals surface area contributed by atoms with E-state index in [-0.39, 0.29) is 36.5 Å². The highest BCUT2D eigenvalue weighted by atomic mass is 16.2. The van der Waals surface area contributed by atoms with Crippen LogP contribution >= 0.6 is 0 Å². The highest BCUT2D eigenvalue weighted by Crippen LogP contribution is 2.11. The predicted molar refractivity (Wildman–Crippen MR) is 106 cm³/mol. The number of nitrogens with one attached hydrogen (secondary N) is 2. The van der Waals surface area contributed by atoms with Gasteiger partial charge >= 0.3 is 5.69 Å². The summed E-state index contributed by atoms with van der Waals surface area (Å²) >= 11 is 0. The quantitative estimate of drug-likeness (QED) is 0.650. The van der Waals surface area contributed by atoms with Crippen LogP contribution in [-0.4, -0.2) is 32.5 Å². The Morgan fingerprint density at radius 3 is 2.75 bits per heavy atom. The number of pyridine rings is 1. The van der Waals surface area contributed by atoms with E-state index in [1.165, 1.54) is 9.08 Å². The summed E-state index contributed by atoms with van der Waals surface area (Å²) in [5, 5.41) is 9.68. The number of hydrogen-bond acceptors (Lipinski definition) is 4. The molecule has 1 unspecified atom stereocenters. The Kier molecular flexibility index (Phi) is 5.88. The van der Waals surface area contributed by atoms with E-state index in [0.717, 1.165) is 12.0 Å². The number of rotatable bonds is 7. The molecule has 0 aliphatic heterocycles. The maximum Gasteiger partial charge on any atom is 0.350 e. The molecule has 3 rings (SSSR count). The van der Waals surface area contributed by atoms with Gasteiger partial charge in [0.15, 0.2) is 5.65 Å². The first-order chi connectivity index (χ1) is 13.5. The van der Waals surface area contributed by atoms with Crippen molar-refractivity contribution in [3.63, 3.8) is 0 Å². The van der Waals surface area contributed by atoms with E-state index < -0.39 is 0 Å². The van der Waals surface area contributed by atoms with Gasteiger partial charge in [-0.3, -0.25) is 14.0 Å². The molecule has 28 heavy (non-hydrogen) atoms. The lowest BCUT2D eigenvalue weighted by Gasteiger charge is -2.11. The summed E-state index contributed by atoms with van der Waals surface area (Å²) < 4.78 is 2.86. The fourth-order valence-electron chi connectivity index (χ4n) is 2.72. The van der Waals surface area contributed by atoms with Gasteiger partial charge in [0.25, 0.3) is 0 Å². The lowest BCUT2D eigenvalue weighted by atomic mass is 10.1. The molecule has 2 N–H and O–H groups in total. The summed E-state index contributed by atoms with van der Waals surface area (Å²) in [5.74, 6) is -0.573. The molecule has 2 aromatic heterocycles. The lowest BCUT2D eigenvalue weighted by molar-refractivity contribution is -0.126. The van der Waals surface area contributed by atoms with Gasteiger partial charge in [-0.2, -0.15) is 0 Å². The largest absolute Gasteiger partial charge is 0.350 e. The van der Waals surface area contributed by atoms with E-state index in [0.29, 0.717) is 11.3 Å².